The third kappa shape index (κ3) is 2.05. The van der Waals surface area contributed by atoms with Crippen LogP contribution in [0.1, 0.15) is 5.56 Å². The van der Waals surface area contributed by atoms with Crippen molar-refractivity contribution in [3.8, 4) is 6.07 Å². The van der Waals surface area contributed by atoms with Gasteiger partial charge in [0.25, 0.3) is 0 Å². The number of anilines is 3. The molecule has 1 aromatic carbocycles. The molecule has 0 atom stereocenters. The van der Waals surface area contributed by atoms with E-state index in [0.29, 0.717) is 17.1 Å². The summed E-state index contributed by atoms with van der Waals surface area (Å²) in [6.45, 7) is 0. The van der Waals surface area contributed by atoms with Crippen LogP contribution in [0.15, 0.2) is 36.8 Å². The number of nitriles is 1. The van der Waals surface area contributed by atoms with Crippen molar-refractivity contribution >= 4 is 28.2 Å². The molecule has 19 heavy (non-hydrogen) atoms. The summed E-state index contributed by atoms with van der Waals surface area (Å²) in [5.41, 5.74) is 9.38. The number of nitrogens with one attached hydrogen (secondary N) is 2. The van der Waals surface area contributed by atoms with E-state index in [2.05, 4.69) is 20.3 Å². The number of H-pyrrole nitrogens is 1. The van der Waals surface area contributed by atoms with Gasteiger partial charge in [-0.3, -0.25) is 0 Å². The van der Waals surface area contributed by atoms with Gasteiger partial charge >= 0.3 is 0 Å². The van der Waals surface area contributed by atoms with Crippen LogP contribution in [-0.4, -0.2) is 15.0 Å². The molecule has 0 spiro atoms. The van der Waals surface area contributed by atoms with Crippen molar-refractivity contribution < 1.29 is 0 Å². The largest absolute Gasteiger partial charge is 0.396 e. The lowest BCUT2D eigenvalue weighted by Crippen LogP contribution is -1.99. The summed E-state index contributed by atoms with van der Waals surface area (Å²) in [6, 6.07) is 9.29. The van der Waals surface area contributed by atoms with Gasteiger partial charge in [-0.2, -0.15) is 5.26 Å². The van der Waals surface area contributed by atoms with Crippen molar-refractivity contribution in [3.63, 3.8) is 0 Å². The van der Waals surface area contributed by atoms with Gasteiger partial charge < -0.3 is 16.0 Å². The fraction of sp³-hybridized carbons (Fsp3) is 0. The van der Waals surface area contributed by atoms with Crippen LogP contribution in [0.5, 0.6) is 0 Å². The maximum absolute atomic E-state index is 8.76. The normalized spacial score (nSPS) is 10.3. The summed E-state index contributed by atoms with van der Waals surface area (Å²) in [5.74, 6) is 0.526. The Morgan fingerprint density at radius 1 is 1.26 bits per heavy atom. The van der Waals surface area contributed by atoms with E-state index in [0.717, 1.165) is 16.7 Å². The number of pyridine rings is 1. The highest BCUT2D eigenvalue weighted by atomic mass is 15.0. The van der Waals surface area contributed by atoms with E-state index in [1.807, 2.05) is 24.3 Å². The lowest BCUT2D eigenvalue weighted by Gasteiger charge is -2.08. The van der Waals surface area contributed by atoms with Gasteiger partial charge in [-0.15, -0.1) is 0 Å². The van der Waals surface area contributed by atoms with Crippen molar-refractivity contribution in [1.82, 2.24) is 15.0 Å². The predicted octanol–water partition coefficient (Wildman–Crippen LogP) is 2.16. The smallest absolute Gasteiger partial charge is 0.153 e. The number of fused-ring (bicyclic) bond motifs is 1. The van der Waals surface area contributed by atoms with Crippen LogP contribution in [0.25, 0.3) is 11.0 Å². The number of hydrogen-bond acceptors (Lipinski definition) is 5. The lowest BCUT2D eigenvalue weighted by molar-refractivity contribution is 1.29. The molecule has 2 aromatic heterocycles. The summed E-state index contributed by atoms with van der Waals surface area (Å²) in [6.07, 6.45) is 3.12. The number of nitrogens with zero attached hydrogens (tertiary/aromatic N) is 3. The molecule has 0 fully saturated rings. The zero-order chi connectivity index (χ0) is 13.2. The monoisotopic (exact) mass is 250 g/mol. The van der Waals surface area contributed by atoms with E-state index < -0.39 is 0 Å². The van der Waals surface area contributed by atoms with Gasteiger partial charge in [0, 0.05) is 11.9 Å². The number of rotatable bonds is 2. The number of hydrogen-bond donors (Lipinski definition) is 3. The average Bonchev–Trinajstić information content (AvgIpc) is 2.88. The van der Waals surface area contributed by atoms with Crippen molar-refractivity contribution in [2.24, 2.45) is 0 Å². The van der Waals surface area contributed by atoms with Crippen molar-refractivity contribution in [2.45, 2.75) is 0 Å². The Balaban J connectivity index is 1.94. The molecule has 0 amide bonds. The SMILES string of the molecule is N#Cc1cnc(Nc2ccc3nc[nH]c3c2)c(N)c1. The molecule has 0 bridgehead atoms. The van der Waals surface area contributed by atoms with E-state index in [9.17, 15) is 0 Å². The van der Waals surface area contributed by atoms with E-state index in [-0.39, 0.29) is 0 Å². The first-order chi connectivity index (χ1) is 9.26. The van der Waals surface area contributed by atoms with Crippen LogP contribution >= 0.6 is 0 Å². The van der Waals surface area contributed by atoms with Crippen LogP contribution in [0.3, 0.4) is 0 Å². The fourth-order valence-corrected chi connectivity index (χ4v) is 1.80. The number of aromatic amines is 1. The standard InChI is InChI=1S/C13H10N6/c14-5-8-3-10(15)13(16-6-8)19-9-1-2-11-12(4-9)18-7-17-11/h1-4,6-7H,15H2,(H,16,19)(H,17,18). The van der Waals surface area contributed by atoms with Crippen LogP contribution in [0, 0.1) is 11.3 Å². The molecule has 4 N–H and O–H groups in total. The quantitative estimate of drug-likeness (QED) is 0.646. The minimum absolute atomic E-state index is 0.434. The topological polar surface area (TPSA) is 103 Å². The lowest BCUT2D eigenvalue weighted by atomic mass is 10.2. The number of nitrogen functional groups attached to an aromatic ring is 1. The van der Waals surface area contributed by atoms with Crippen LogP contribution in [0.4, 0.5) is 17.2 Å². The third-order valence-corrected chi connectivity index (χ3v) is 2.73. The summed E-state index contributed by atoms with van der Waals surface area (Å²) in [7, 11) is 0. The van der Waals surface area contributed by atoms with E-state index in [1.165, 1.54) is 6.20 Å². The first-order valence-corrected chi connectivity index (χ1v) is 5.62. The first kappa shape index (κ1) is 11.0. The highest BCUT2D eigenvalue weighted by Gasteiger charge is 2.04. The second-order valence-corrected chi connectivity index (χ2v) is 4.03. The highest BCUT2D eigenvalue weighted by Crippen LogP contribution is 2.23. The number of benzene rings is 1. The minimum atomic E-state index is 0.434. The Kier molecular flexibility index (Phi) is 2.50. The molecule has 0 aliphatic carbocycles. The van der Waals surface area contributed by atoms with Gasteiger partial charge in [0.05, 0.1) is 28.6 Å². The molecule has 0 aliphatic rings. The molecule has 0 aliphatic heterocycles. The number of aromatic nitrogens is 3. The first-order valence-electron chi connectivity index (χ1n) is 5.62. The molecular weight excluding hydrogens is 240 g/mol. The molecular formula is C13H10N6. The van der Waals surface area contributed by atoms with Crippen LogP contribution < -0.4 is 11.1 Å². The van der Waals surface area contributed by atoms with E-state index >= 15 is 0 Å². The Hall–Kier alpha value is -3.07. The molecule has 2 heterocycles. The van der Waals surface area contributed by atoms with Gasteiger partial charge in [-0.05, 0) is 24.3 Å². The minimum Gasteiger partial charge on any atom is -0.396 e. The van der Waals surface area contributed by atoms with Crippen LogP contribution in [-0.2, 0) is 0 Å². The van der Waals surface area contributed by atoms with Gasteiger partial charge in [0.2, 0.25) is 0 Å². The molecule has 6 nitrogen and oxygen atoms in total. The Bertz CT molecular complexity index is 783. The number of nitrogens with two attached hydrogens (primary N) is 1. The number of imidazole rings is 1. The Morgan fingerprint density at radius 2 is 2.16 bits per heavy atom. The zero-order valence-corrected chi connectivity index (χ0v) is 9.88. The van der Waals surface area contributed by atoms with Crippen molar-refractivity contribution in [2.75, 3.05) is 11.1 Å². The molecule has 0 saturated carbocycles. The Morgan fingerprint density at radius 3 is 2.95 bits per heavy atom. The van der Waals surface area contributed by atoms with Gasteiger partial charge in [-0.25, -0.2) is 9.97 Å². The summed E-state index contributed by atoms with van der Waals surface area (Å²) in [5, 5.41) is 11.9. The van der Waals surface area contributed by atoms with E-state index in [4.69, 9.17) is 11.0 Å². The van der Waals surface area contributed by atoms with Crippen molar-refractivity contribution in [1.29, 1.82) is 5.26 Å². The molecule has 0 saturated heterocycles. The van der Waals surface area contributed by atoms with Gasteiger partial charge in [0.15, 0.2) is 5.82 Å². The molecule has 3 aromatic rings. The Labute approximate surface area is 108 Å². The average molecular weight is 250 g/mol. The van der Waals surface area contributed by atoms with Crippen LogP contribution in [0.2, 0.25) is 0 Å². The van der Waals surface area contributed by atoms with Crippen molar-refractivity contribution in [3.05, 3.63) is 42.4 Å². The fourth-order valence-electron chi connectivity index (χ4n) is 1.80. The summed E-state index contributed by atoms with van der Waals surface area (Å²) >= 11 is 0. The molecule has 92 valence electrons. The van der Waals surface area contributed by atoms with Gasteiger partial charge in [0.1, 0.15) is 6.07 Å². The molecule has 6 heteroatoms. The van der Waals surface area contributed by atoms with Gasteiger partial charge in [-0.1, -0.05) is 0 Å². The second kappa shape index (κ2) is 4.31. The summed E-state index contributed by atoms with van der Waals surface area (Å²) in [4.78, 5) is 11.3. The van der Waals surface area contributed by atoms with E-state index in [1.54, 1.807) is 12.4 Å². The second-order valence-electron chi connectivity index (χ2n) is 4.03. The third-order valence-electron chi connectivity index (χ3n) is 2.73. The maximum atomic E-state index is 8.76. The molecule has 0 radical (unpaired) electrons. The summed E-state index contributed by atoms with van der Waals surface area (Å²) < 4.78 is 0. The zero-order valence-electron chi connectivity index (χ0n) is 9.88. The molecule has 0 unspecified atom stereocenters. The highest BCUT2D eigenvalue weighted by molar-refractivity contribution is 5.81. The maximum Gasteiger partial charge on any atom is 0.153 e. The molecule has 3 rings (SSSR count). The predicted molar refractivity (Wildman–Crippen MR) is 72.7 cm³/mol.